The summed E-state index contributed by atoms with van der Waals surface area (Å²) in [4.78, 5) is 54.2. The van der Waals surface area contributed by atoms with E-state index in [1.54, 1.807) is 58.6 Å². The molecule has 2 aliphatic rings. The molecule has 13 heteroatoms. The molecule has 47 heavy (non-hydrogen) atoms. The molecule has 2 aliphatic heterocycles. The molecule has 0 radical (unpaired) electrons. The van der Waals surface area contributed by atoms with Crippen molar-refractivity contribution < 1.29 is 42.5 Å². The van der Waals surface area contributed by atoms with Crippen LogP contribution in [0.3, 0.4) is 0 Å². The maximum Gasteiger partial charge on any atom is 0.429 e. The first kappa shape index (κ1) is 35.5. The highest BCUT2D eigenvalue weighted by Gasteiger charge is 2.36. The molecular weight excluding hydrogens is 611 g/mol. The first-order chi connectivity index (χ1) is 22.1. The van der Waals surface area contributed by atoms with Crippen LogP contribution in [0.15, 0.2) is 48.5 Å². The van der Waals surface area contributed by atoms with Crippen LogP contribution in [0.4, 0.5) is 30.1 Å². The van der Waals surface area contributed by atoms with E-state index in [1.165, 1.54) is 21.0 Å². The van der Waals surface area contributed by atoms with Crippen LogP contribution in [0.25, 0.3) is 0 Å². The first-order valence-electron chi connectivity index (χ1n) is 15.8. The Labute approximate surface area is 275 Å². The standard InChI is InChI=1S/C34H45FN4O8/c1-33(2,3)46-31(42)38-18-16-36(17-19-39(38)32(43)47-34(4,5)6)29-15-12-25(20-28(29)35)37-21-27(45-30(37)41)14-13-26(40)23-44-22-24-10-8-7-9-11-24/h7-12,15,20,27H,13-14,16-19,21-23H2,1-6H3/t27-/m0/s1. The predicted octanol–water partition coefficient (Wildman–Crippen LogP) is 5.93. The Morgan fingerprint density at radius 1 is 0.872 bits per heavy atom. The van der Waals surface area contributed by atoms with E-state index < -0.39 is 41.4 Å². The third-order valence-electron chi connectivity index (χ3n) is 7.24. The zero-order valence-electron chi connectivity index (χ0n) is 28.0. The maximum atomic E-state index is 15.6. The molecule has 0 N–H and O–H groups in total. The number of nitrogens with zero attached hydrogens (tertiary/aromatic N) is 4. The smallest absolute Gasteiger partial charge is 0.429 e. The number of cyclic esters (lactones) is 1. The summed E-state index contributed by atoms with van der Waals surface area (Å²) >= 11 is 0. The first-order valence-corrected chi connectivity index (χ1v) is 15.8. The number of hydrogen-bond donors (Lipinski definition) is 0. The van der Waals surface area contributed by atoms with Gasteiger partial charge >= 0.3 is 18.3 Å². The number of hydrazine groups is 1. The minimum Gasteiger partial charge on any atom is -0.444 e. The fraction of sp³-hybridized carbons (Fsp3) is 0.529. The molecule has 0 aromatic heterocycles. The third-order valence-corrected chi connectivity index (χ3v) is 7.24. The highest BCUT2D eigenvalue weighted by molar-refractivity contribution is 5.90. The average molecular weight is 657 g/mol. The van der Waals surface area contributed by atoms with Crippen molar-refractivity contribution >= 4 is 35.4 Å². The molecule has 0 aliphatic carbocycles. The highest BCUT2D eigenvalue weighted by atomic mass is 19.1. The van der Waals surface area contributed by atoms with Gasteiger partial charge in [-0.3, -0.25) is 9.69 Å². The second-order valence-corrected chi connectivity index (χ2v) is 13.5. The van der Waals surface area contributed by atoms with E-state index in [-0.39, 0.29) is 57.2 Å². The number of Topliss-reactive ketones (excluding diaryl/α,β-unsaturated/α-hetero) is 1. The van der Waals surface area contributed by atoms with E-state index in [0.29, 0.717) is 18.7 Å². The monoisotopic (exact) mass is 656 g/mol. The van der Waals surface area contributed by atoms with Crippen molar-refractivity contribution in [2.45, 2.75) is 78.3 Å². The quantitative estimate of drug-likeness (QED) is 0.303. The van der Waals surface area contributed by atoms with E-state index in [2.05, 4.69) is 0 Å². The second kappa shape index (κ2) is 15.0. The average Bonchev–Trinajstić information content (AvgIpc) is 3.20. The van der Waals surface area contributed by atoms with Crippen LogP contribution >= 0.6 is 0 Å². The van der Waals surface area contributed by atoms with Crippen molar-refractivity contribution in [1.29, 1.82) is 0 Å². The van der Waals surface area contributed by atoms with Gasteiger partial charge in [0.2, 0.25) is 0 Å². The Hall–Kier alpha value is -4.39. The van der Waals surface area contributed by atoms with Gasteiger partial charge in [0.15, 0.2) is 5.78 Å². The van der Waals surface area contributed by atoms with Gasteiger partial charge in [-0.15, -0.1) is 0 Å². The van der Waals surface area contributed by atoms with Crippen LogP contribution in [-0.4, -0.2) is 90.7 Å². The van der Waals surface area contributed by atoms with Crippen LogP contribution in [0.1, 0.15) is 59.9 Å². The lowest BCUT2D eigenvalue weighted by molar-refractivity contribution is -0.124. The van der Waals surface area contributed by atoms with Gasteiger partial charge in [-0.05, 0) is 71.7 Å². The lowest BCUT2D eigenvalue weighted by atomic mass is 10.1. The summed E-state index contributed by atoms with van der Waals surface area (Å²) in [6.07, 6.45) is -2.07. The molecule has 256 valence electrons. The number of carbonyl (C=O) groups excluding carboxylic acids is 4. The molecular formula is C34H45FN4O8. The lowest BCUT2D eigenvalue weighted by Gasteiger charge is -2.35. The molecule has 12 nitrogen and oxygen atoms in total. The van der Waals surface area contributed by atoms with Gasteiger partial charge in [-0.1, -0.05) is 30.3 Å². The molecule has 2 aromatic carbocycles. The summed E-state index contributed by atoms with van der Waals surface area (Å²) in [5, 5.41) is 2.37. The Kier molecular flexibility index (Phi) is 11.3. The van der Waals surface area contributed by atoms with Crippen LogP contribution in [-0.2, 0) is 30.3 Å². The van der Waals surface area contributed by atoms with Crippen molar-refractivity contribution in [2.75, 3.05) is 49.1 Å². The number of ketones is 1. The number of halogens is 1. The Morgan fingerprint density at radius 2 is 1.47 bits per heavy atom. The molecule has 0 saturated carbocycles. The van der Waals surface area contributed by atoms with Gasteiger partial charge in [0.25, 0.3) is 0 Å². The van der Waals surface area contributed by atoms with Crippen molar-refractivity contribution in [2.24, 2.45) is 0 Å². The van der Waals surface area contributed by atoms with Crippen LogP contribution < -0.4 is 9.80 Å². The highest BCUT2D eigenvalue weighted by Crippen LogP contribution is 2.30. The maximum absolute atomic E-state index is 15.6. The summed E-state index contributed by atoms with van der Waals surface area (Å²) in [5.41, 5.74) is -0.0640. The number of amides is 3. The molecule has 3 amide bonds. The number of rotatable bonds is 9. The SMILES string of the molecule is CC(C)(C)OC(=O)N1CCN(c2ccc(N3C[C@H](CCC(=O)COCc4ccccc4)OC3=O)cc2F)CCN1C(=O)OC(C)(C)C. The van der Waals surface area contributed by atoms with Crippen LogP contribution in [0.2, 0.25) is 0 Å². The van der Waals surface area contributed by atoms with E-state index in [4.69, 9.17) is 18.9 Å². The predicted molar refractivity (Wildman–Crippen MR) is 172 cm³/mol. The lowest BCUT2D eigenvalue weighted by Crippen LogP contribution is -2.53. The van der Waals surface area contributed by atoms with Gasteiger partial charge in [-0.2, -0.15) is 0 Å². The summed E-state index contributed by atoms with van der Waals surface area (Å²) < 4.78 is 37.6. The second-order valence-electron chi connectivity index (χ2n) is 13.5. The number of hydrogen-bond acceptors (Lipinski definition) is 9. The largest absolute Gasteiger partial charge is 0.444 e. The van der Waals surface area contributed by atoms with E-state index >= 15 is 4.39 Å². The van der Waals surface area contributed by atoms with Crippen molar-refractivity contribution in [3.05, 3.63) is 59.9 Å². The molecule has 2 heterocycles. The van der Waals surface area contributed by atoms with Crippen molar-refractivity contribution in [3.8, 4) is 0 Å². The Morgan fingerprint density at radius 3 is 2.02 bits per heavy atom. The number of ether oxygens (including phenoxy) is 4. The normalized spacial score (nSPS) is 17.3. The molecule has 1 atom stereocenters. The summed E-state index contributed by atoms with van der Waals surface area (Å²) in [6.45, 7) is 11.3. The number of benzene rings is 2. The fourth-order valence-electron chi connectivity index (χ4n) is 5.09. The summed E-state index contributed by atoms with van der Waals surface area (Å²) in [7, 11) is 0. The van der Waals surface area contributed by atoms with Crippen LogP contribution in [0.5, 0.6) is 0 Å². The van der Waals surface area contributed by atoms with E-state index in [1.807, 2.05) is 30.3 Å². The third kappa shape index (κ3) is 10.3. The molecule has 4 rings (SSSR count). The van der Waals surface area contributed by atoms with Crippen molar-refractivity contribution in [3.63, 3.8) is 0 Å². The minimum absolute atomic E-state index is 0.0332. The van der Waals surface area contributed by atoms with Crippen LogP contribution in [0, 0.1) is 5.82 Å². The van der Waals surface area contributed by atoms with E-state index in [9.17, 15) is 19.2 Å². The Bertz CT molecular complexity index is 1390. The topological polar surface area (TPSA) is 118 Å². The fourth-order valence-corrected chi connectivity index (χ4v) is 5.09. The molecule has 2 saturated heterocycles. The van der Waals surface area contributed by atoms with Gasteiger partial charge in [-0.25, -0.2) is 28.8 Å². The zero-order valence-corrected chi connectivity index (χ0v) is 28.0. The minimum atomic E-state index is -0.799. The van der Waals surface area contributed by atoms with Gasteiger partial charge in [0.05, 0.1) is 37.6 Å². The van der Waals surface area contributed by atoms with E-state index in [0.717, 1.165) is 5.56 Å². The Balaban J connectivity index is 1.36. The van der Waals surface area contributed by atoms with Gasteiger partial charge in [0, 0.05) is 19.5 Å². The molecule has 0 spiro atoms. The number of carbonyl (C=O) groups is 4. The number of anilines is 2. The molecule has 0 bridgehead atoms. The van der Waals surface area contributed by atoms with Gasteiger partial charge in [0.1, 0.15) is 29.7 Å². The molecule has 2 aromatic rings. The summed E-state index contributed by atoms with van der Waals surface area (Å²) in [5.74, 6) is -0.683. The van der Waals surface area contributed by atoms with Gasteiger partial charge < -0.3 is 23.8 Å². The summed E-state index contributed by atoms with van der Waals surface area (Å²) in [6, 6.07) is 14.0. The zero-order chi connectivity index (χ0) is 34.4. The molecule has 2 fully saturated rings. The molecule has 0 unspecified atom stereocenters. The van der Waals surface area contributed by atoms with Crippen molar-refractivity contribution in [1.82, 2.24) is 10.0 Å².